The van der Waals surface area contributed by atoms with Gasteiger partial charge in [0, 0.05) is 12.1 Å². The summed E-state index contributed by atoms with van der Waals surface area (Å²) in [5.74, 6) is 0.0695. The van der Waals surface area contributed by atoms with Crippen LogP contribution >= 0.6 is 0 Å². The number of ether oxygens (including phenoxy) is 4. The van der Waals surface area contributed by atoms with E-state index in [9.17, 15) is 14.7 Å². The van der Waals surface area contributed by atoms with E-state index in [1.165, 1.54) is 26.2 Å². The molecule has 2 aromatic carbocycles. The predicted molar refractivity (Wildman–Crippen MR) is 131 cm³/mol. The quantitative estimate of drug-likeness (QED) is 0.312. The van der Waals surface area contributed by atoms with Gasteiger partial charge in [-0.05, 0) is 69.0 Å². The summed E-state index contributed by atoms with van der Waals surface area (Å²) in [4.78, 5) is 29.9. The predicted octanol–water partition coefficient (Wildman–Crippen LogP) is 3.09. The first kappa shape index (κ1) is 25.9. The highest BCUT2D eigenvalue weighted by molar-refractivity contribution is 6.46. The van der Waals surface area contributed by atoms with Crippen molar-refractivity contribution in [3.8, 4) is 23.0 Å². The van der Waals surface area contributed by atoms with Gasteiger partial charge in [-0.3, -0.25) is 9.59 Å². The van der Waals surface area contributed by atoms with Gasteiger partial charge in [-0.2, -0.15) is 0 Å². The number of benzene rings is 2. The maximum absolute atomic E-state index is 13.2. The zero-order valence-electron chi connectivity index (χ0n) is 21.0. The van der Waals surface area contributed by atoms with Gasteiger partial charge in [-0.25, -0.2) is 0 Å². The molecule has 188 valence electrons. The van der Waals surface area contributed by atoms with Crippen molar-refractivity contribution in [2.75, 3.05) is 55.6 Å². The minimum atomic E-state index is -0.840. The lowest BCUT2D eigenvalue weighted by Gasteiger charge is -2.27. The number of carbonyl (C=O) groups excluding carboxylic acids is 2. The third kappa shape index (κ3) is 5.19. The van der Waals surface area contributed by atoms with E-state index < -0.39 is 17.7 Å². The zero-order chi connectivity index (χ0) is 25.7. The molecule has 3 rings (SSSR count). The van der Waals surface area contributed by atoms with Crippen LogP contribution in [0.2, 0.25) is 0 Å². The summed E-state index contributed by atoms with van der Waals surface area (Å²) in [7, 11) is 9.90. The van der Waals surface area contributed by atoms with Gasteiger partial charge in [-0.15, -0.1) is 0 Å². The van der Waals surface area contributed by atoms with E-state index in [1.807, 2.05) is 19.0 Å². The molecule has 0 aromatic heterocycles. The van der Waals surface area contributed by atoms with Crippen LogP contribution in [0, 0.1) is 0 Å². The Morgan fingerprint density at radius 2 is 1.54 bits per heavy atom. The van der Waals surface area contributed by atoms with Gasteiger partial charge in [-0.1, -0.05) is 0 Å². The van der Waals surface area contributed by atoms with Crippen LogP contribution in [0.15, 0.2) is 42.0 Å². The van der Waals surface area contributed by atoms with Crippen molar-refractivity contribution < 1.29 is 33.6 Å². The maximum Gasteiger partial charge on any atom is 0.295 e. The first-order chi connectivity index (χ1) is 16.8. The Morgan fingerprint density at radius 1 is 0.943 bits per heavy atom. The number of Topliss-reactive ketones (excluding diaryl/α,β-unsaturated/α-hetero) is 1. The van der Waals surface area contributed by atoms with Gasteiger partial charge < -0.3 is 33.9 Å². The Balaban J connectivity index is 2.20. The fraction of sp³-hybridized carbons (Fsp3) is 0.385. The summed E-state index contributed by atoms with van der Waals surface area (Å²) < 4.78 is 21.6. The molecule has 0 aliphatic carbocycles. The highest BCUT2D eigenvalue weighted by Gasteiger charge is 2.46. The summed E-state index contributed by atoms with van der Waals surface area (Å²) in [5, 5.41) is 11.2. The van der Waals surface area contributed by atoms with Crippen LogP contribution < -0.4 is 18.9 Å². The lowest BCUT2D eigenvalue weighted by atomic mass is 9.94. The molecule has 9 nitrogen and oxygen atoms in total. The SMILES string of the molecule is COc1ccc(C(O)=C2C(=O)C(=O)N(CCCN(C)C)[C@H]2c2cc(OC)c(OC)c(OC)c2)cc1. The van der Waals surface area contributed by atoms with Crippen LogP contribution in [0.5, 0.6) is 23.0 Å². The summed E-state index contributed by atoms with van der Waals surface area (Å²) in [6, 6.07) is 9.18. The normalized spacial score (nSPS) is 17.1. The van der Waals surface area contributed by atoms with Gasteiger partial charge in [0.05, 0.1) is 40.1 Å². The Morgan fingerprint density at radius 3 is 2.03 bits per heavy atom. The minimum Gasteiger partial charge on any atom is -0.507 e. The molecule has 1 N–H and O–H groups in total. The fourth-order valence-electron chi connectivity index (χ4n) is 4.18. The van der Waals surface area contributed by atoms with Crippen LogP contribution in [0.3, 0.4) is 0 Å². The number of hydrogen-bond acceptors (Lipinski definition) is 8. The molecule has 1 amide bonds. The monoisotopic (exact) mass is 484 g/mol. The summed E-state index contributed by atoms with van der Waals surface area (Å²) in [6.07, 6.45) is 0.642. The molecular weight excluding hydrogens is 452 g/mol. The molecule has 1 saturated heterocycles. The first-order valence-electron chi connectivity index (χ1n) is 11.1. The van der Waals surface area contributed by atoms with Crippen LogP contribution in [0.1, 0.15) is 23.6 Å². The number of aliphatic hydroxyl groups is 1. The third-order valence-electron chi connectivity index (χ3n) is 5.91. The standard InChI is InChI=1S/C26H32N2O7/c1-27(2)12-7-13-28-22(17-14-19(33-4)25(35-6)20(15-17)34-5)21(24(30)26(28)31)23(29)16-8-10-18(32-3)11-9-16/h8-11,14-15,22,29H,7,12-13H2,1-6H3/t22-/m0/s1. The Kier molecular flexibility index (Phi) is 8.24. The zero-order valence-corrected chi connectivity index (χ0v) is 21.0. The smallest absolute Gasteiger partial charge is 0.295 e. The molecular formula is C26H32N2O7. The van der Waals surface area contributed by atoms with Crippen molar-refractivity contribution in [3.63, 3.8) is 0 Å². The second-order valence-corrected chi connectivity index (χ2v) is 8.34. The van der Waals surface area contributed by atoms with E-state index in [1.54, 1.807) is 43.5 Å². The average molecular weight is 485 g/mol. The Hall–Kier alpha value is -3.72. The highest BCUT2D eigenvalue weighted by atomic mass is 16.5. The van der Waals surface area contributed by atoms with E-state index in [4.69, 9.17) is 18.9 Å². The van der Waals surface area contributed by atoms with Gasteiger partial charge in [0.2, 0.25) is 5.75 Å². The number of ketones is 1. The molecule has 0 bridgehead atoms. The molecule has 9 heteroatoms. The number of aliphatic hydroxyl groups excluding tert-OH is 1. The minimum absolute atomic E-state index is 0.000655. The van der Waals surface area contributed by atoms with E-state index in [-0.39, 0.29) is 11.3 Å². The lowest BCUT2D eigenvalue weighted by molar-refractivity contribution is -0.139. The van der Waals surface area contributed by atoms with Crippen molar-refractivity contribution in [3.05, 3.63) is 53.1 Å². The maximum atomic E-state index is 13.2. The van der Waals surface area contributed by atoms with Crippen molar-refractivity contribution in [1.82, 2.24) is 9.80 Å². The van der Waals surface area contributed by atoms with Gasteiger partial charge in [0.15, 0.2) is 11.5 Å². The molecule has 0 spiro atoms. The molecule has 1 heterocycles. The van der Waals surface area contributed by atoms with Crippen LogP contribution in [0.4, 0.5) is 0 Å². The van der Waals surface area contributed by atoms with E-state index in [2.05, 4.69) is 0 Å². The van der Waals surface area contributed by atoms with E-state index in [0.29, 0.717) is 47.1 Å². The van der Waals surface area contributed by atoms with Crippen molar-refractivity contribution >= 4 is 17.4 Å². The number of rotatable bonds is 10. The summed E-state index contributed by atoms with van der Waals surface area (Å²) in [5.41, 5.74) is 0.951. The molecule has 1 aliphatic heterocycles. The summed E-state index contributed by atoms with van der Waals surface area (Å²) >= 11 is 0. The average Bonchev–Trinajstić information content (AvgIpc) is 3.12. The number of likely N-dealkylation sites (tertiary alicyclic amines) is 1. The van der Waals surface area contributed by atoms with Gasteiger partial charge >= 0.3 is 0 Å². The van der Waals surface area contributed by atoms with Crippen LogP contribution in [-0.2, 0) is 9.59 Å². The van der Waals surface area contributed by atoms with Gasteiger partial charge in [0.25, 0.3) is 11.7 Å². The lowest BCUT2D eigenvalue weighted by Crippen LogP contribution is -2.32. The highest BCUT2D eigenvalue weighted by Crippen LogP contribution is 2.45. The number of methoxy groups -OCH3 is 4. The molecule has 0 unspecified atom stereocenters. The number of nitrogens with zero attached hydrogens (tertiary/aromatic N) is 2. The van der Waals surface area contributed by atoms with Crippen LogP contribution in [-0.4, -0.2) is 82.2 Å². The van der Waals surface area contributed by atoms with Crippen molar-refractivity contribution in [2.45, 2.75) is 12.5 Å². The van der Waals surface area contributed by atoms with Gasteiger partial charge in [0.1, 0.15) is 11.5 Å². The molecule has 2 aromatic rings. The largest absolute Gasteiger partial charge is 0.507 e. The van der Waals surface area contributed by atoms with E-state index >= 15 is 0 Å². The molecule has 1 atom stereocenters. The number of hydrogen-bond donors (Lipinski definition) is 1. The summed E-state index contributed by atoms with van der Waals surface area (Å²) in [6.45, 7) is 1.05. The second-order valence-electron chi connectivity index (χ2n) is 8.34. The van der Waals surface area contributed by atoms with Crippen molar-refractivity contribution in [2.24, 2.45) is 0 Å². The second kappa shape index (κ2) is 11.1. The third-order valence-corrected chi connectivity index (χ3v) is 5.91. The molecule has 1 aliphatic rings. The topological polar surface area (TPSA) is 97.8 Å². The van der Waals surface area contributed by atoms with Crippen LogP contribution in [0.25, 0.3) is 5.76 Å². The Labute approximate surface area is 205 Å². The molecule has 35 heavy (non-hydrogen) atoms. The molecule has 0 saturated carbocycles. The first-order valence-corrected chi connectivity index (χ1v) is 11.1. The van der Waals surface area contributed by atoms with E-state index in [0.717, 1.165) is 6.54 Å². The number of amides is 1. The molecule has 0 radical (unpaired) electrons. The van der Waals surface area contributed by atoms with Crippen molar-refractivity contribution in [1.29, 1.82) is 0 Å². The fourth-order valence-corrected chi connectivity index (χ4v) is 4.18. The Bertz CT molecular complexity index is 1080. The number of carbonyl (C=O) groups is 2. The molecule has 1 fully saturated rings.